The van der Waals surface area contributed by atoms with Crippen LogP contribution in [0.15, 0.2) is 48.5 Å². The van der Waals surface area contributed by atoms with Crippen molar-refractivity contribution in [1.82, 2.24) is 4.90 Å². The number of rotatable bonds is 7. The molecule has 2 aromatic rings. The summed E-state index contributed by atoms with van der Waals surface area (Å²) in [6.07, 6.45) is 2.32. The Kier molecular flexibility index (Phi) is 4.72. The number of unbranched alkanes of at least 4 members (excludes halogenated alkanes) is 1. The Labute approximate surface area is 131 Å². The van der Waals surface area contributed by atoms with Crippen molar-refractivity contribution in [3.8, 4) is 22.9 Å². The molecule has 0 saturated carbocycles. The zero-order valence-corrected chi connectivity index (χ0v) is 12.7. The maximum Gasteiger partial charge on any atom is 0.119 e. The average Bonchev–Trinajstić information content (AvgIpc) is 3.40. The Bertz CT molecular complexity index is 637. The number of hydrogen-bond donors (Lipinski definition) is 0. The summed E-state index contributed by atoms with van der Waals surface area (Å²) < 4.78 is 5.77. The Morgan fingerprint density at radius 2 is 1.55 bits per heavy atom. The largest absolute Gasteiger partial charge is 0.494 e. The first-order chi connectivity index (χ1) is 10.8. The number of nitrogens with zero attached hydrogens (tertiary/aromatic N) is 2. The van der Waals surface area contributed by atoms with Crippen LogP contribution in [0.1, 0.15) is 18.4 Å². The van der Waals surface area contributed by atoms with E-state index in [1.54, 1.807) is 0 Å². The Hall–Kier alpha value is -2.31. The molecule has 0 unspecified atom stereocenters. The first kappa shape index (κ1) is 14.6. The molecule has 0 spiro atoms. The van der Waals surface area contributed by atoms with E-state index < -0.39 is 0 Å². The summed E-state index contributed by atoms with van der Waals surface area (Å²) >= 11 is 0. The summed E-state index contributed by atoms with van der Waals surface area (Å²) in [4.78, 5) is 2.44. The highest BCUT2D eigenvalue weighted by Crippen LogP contribution is 2.23. The van der Waals surface area contributed by atoms with Crippen LogP contribution in [0.25, 0.3) is 11.1 Å². The predicted molar refractivity (Wildman–Crippen MR) is 87.8 cm³/mol. The fraction of sp³-hybridized carbons (Fsp3) is 0.316. The van der Waals surface area contributed by atoms with Gasteiger partial charge in [0.1, 0.15) is 5.75 Å². The molecule has 0 amide bonds. The molecular weight excluding hydrogens is 272 g/mol. The summed E-state index contributed by atoms with van der Waals surface area (Å²) in [5.41, 5.74) is 2.94. The van der Waals surface area contributed by atoms with Crippen LogP contribution >= 0.6 is 0 Å². The van der Waals surface area contributed by atoms with Crippen LogP contribution < -0.4 is 4.74 Å². The molecule has 3 rings (SSSR count). The molecular formula is C19H20N2O. The van der Waals surface area contributed by atoms with Gasteiger partial charge in [0.15, 0.2) is 0 Å². The molecule has 0 bridgehead atoms. The van der Waals surface area contributed by atoms with Gasteiger partial charge in [-0.15, -0.1) is 0 Å². The van der Waals surface area contributed by atoms with Gasteiger partial charge in [0.25, 0.3) is 0 Å². The van der Waals surface area contributed by atoms with Crippen molar-refractivity contribution >= 4 is 0 Å². The second kappa shape index (κ2) is 7.11. The summed E-state index contributed by atoms with van der Waals surface area (Å²) in [5.74, 6) is 0.920. The highest BCUT2D eigenvalue weighted by Gasteiger charge is 2.15. The Balaban J connectivity index is 1.49. The normalized spacial score (nSPS) is 13.6. The van der Waals surface area contributed by atoms with E-state index in [0.717, 1.165) is 29.9 Å². The third-order valence-electron chi connectivity index (χ3n) is 3.88. The summed E-state index contributed by atoms with van der Waals surface area (Å²) in [5, 5.41) is 8.82. The fourth-order valence-electron chi connectivity index (χ4n) is 2.40. The molecule has 1 fully saturated rings. The molecule has 3 heteroatoms. The molecule has 22 heavy (non-hydrogen) atoms. The van der Waals surface area contributed by atoms with Gasteiger partial charge < -0.3 is 9.64 Å². The molecule has 3 nitrogen and oxygen atoms in total. The highest BCUT2D eigenvalue weighted by molar-refractivity contribution is 5.64. The van der Waals surface area contributed by atoms with Crippen LogP contribution in [0.4, 0.5) is 0 Å². The van der Waals surface area contributed by atoms with E-state index in [9.17, 15) is 0 Å². The first-order valence-electron chi connectivity index (χ1n) is 7.81. The highest BCUT2D eigenvalue weighted by atomic mass is 16.5. The summed E-state index contributed by atoms with van der Waals surface area (Å²) in [6, 6.07) is 17.9. The zero-order valence-electron chi connectivity index (χ0n) is 12.7. The van der Waals surface area contributed by atoms with Crippen LogP contribution in [0.2, 0.25) is 0 Å². The third kappa shape index (κ3) is 4.09. The molecule has 1 saturated heterocycles. The second-order valence-corrected chi connectivity index (χ2v) is 5.61. The van der Waals surface area contributed by atoms with Crippen LogP contribution in [-0.4, -0.2) is 31.1 Å². The standard InChI is InChI=1S/C19H20N2O/c20-15-16-3-5-17(6-4-16)18-7-9-19(10-8-18)22-14-2-1-11-21-12-13-21/h3-10H,1-2,11-14H2. The van der Waals surface area contributed by atoms with E-state index in [4.69, 9.17) is 10.00 Å². The lowest BCUT2D eigenvalue weighted by atomic mass is 10.0. The first-order valence-corrected chi connectivity index (χ1v) is 7.81. The van der Waals surface area contributed by atoms with Gasteiger partial charge in [-0.1, -0.05) is 24.3 Å². The van der Waals surface area contributed by atoms with Gasteiger partial charge in [-0.05, 0) is 54.8 Å². The molecule has 0 N–H and O–H groups in total. The van der Waals surface area contributed by atoms with E-state index in [-0.39, 0.29) is 0 Å². The maximum absolute atomic E-state index is 8.82. The van der Waals surface area contributed by atoms with Gasteiger partial charge >= 0.3 is 0 Å². The molecule has 2 aromatic carbocycles. The van der Waals surface area contributed by atoms with Crippen LogP contribution in [0, 0.1) is 11.3 Å². The lowest BCUT2D eigenvalue weighted by molar-refractivity contribution is 0.302. The van der Waals surface area contributed by atoms with Crippen LogP contribution in [-0.2, 0) is 0 Å². The lowest BCUT2D eigenvalue weighted by Gasteiger charge is -2.08. The van der Waals surface area contributed by atoms with Crippen molar-refractivity contribution in [1.29, 1.82) is 5.26 Å². The fourth-order valence-corrected chi connectivity index (χ4v) is 2.40. The monoisotopic (exact) mass is 292 g/mol. The lowest BCUT2D eigenvalue weighted by Crippen LogP contribution is -2.03. The number of benzene rings is 2. The number of ether oxygens (including phenoxy) is 1. The van der Waals surface area contributed by atoms with E-state index in [1.807, 2.05) is 36.4 Å². The smallest absolute Gasteiger partial charge is 0.119 e. The van der Waals surface area contributed by atoms with Crippen molar-refractivity contribution in [3.63, 3.8) is 0 Å². The Morgan fingerprint density at radius 3 is 2.14 bits per heavy atom. The van der Waals surface area contributed by atoms with Crippen molar-refractivity contribution in [2.75, 3.05) is 26.2 Å². The topological polar surface area (TPSA) is 36.0 Å². The molecule has 0 atom stereocenters. The van der Waals surface area contributed by atoms with Crippen molar-refractivity contribution in [3.05, 3.63) is 54.1 Å². The van der Waals surface area contributed by atoms with Crippen LogP contribution in [0.5, 0.6) is 5.75 Å². The quantitative estimate of drug-likeness (QED) is 0.576. The van der Waals surface area contributed by atoms with E-state index in [2.05, 4.69) is 23.1 Å². The molecule has 0 aliphatic carbocycles. The minimum Gasteiger partial charge on any atom is -0.494 e. The SMILES string of the molecule is N#Cc1ccc(-c2ccc(OCCCCN3CC3)cc2)cc1. The minimum atomic E-state index is 0.686. The van der Waals surface area contributed by atoms with Gasteiger partial charge in [0, 0.05) is 13.1 Å². The van der Waals surface area contributed by atoms with Gasteiger partial charge in [-0.3, -0.25) is 0 Å². The molecule has 112 valence electrons. The Morgan fingerprint density at radius 1 is 0.909 bits per heavy atom. The predicted octanol–water partition coefficient (Wildman–Crippen LogP) is 3.70. The van der Waals surface area contributed by atoms with Gasteiger partial charge in [-0.25, -0.2) is 0 Å². The van der Waals surface area contributed by atoms with Gasteiger partial charge in [0.2, 0.25) is 0 Å². The van der Waals surface area contributed by atoms with E-state index in [1.165, 1.54) is 26.1 Å². The van der Waals surface area contributed by atoms with Crippen molar-refractivity contribution in [2.45, 2.75) is 12.8 Å². The average molecular weight is 292 g/mol. The molecule has 0 aromatic heterocycles. The summed E-state index contributed by atoms with van der Waals surface area (Å²) in [6.45, 7) is 4.54. The molecule has 1 aliphatic rings. The number of nitriles is 1. The summed E-state index contributed by atoms with van der Waals surface area (Å²) in [7, 11) is 0. The van der Waals surface area contributed by atoms with Crippen molar-refractivity contribution < 1.29 is 4.74 Å². The van der Waals surface area contributed by atoms with Gasteiger partial charge in [0.05, 0.1) is 18.2 Å². The van der Waals surface area contributed by atoms with Crippen LogP contribution in [0.3, 0.4) is 0 Å². The molecule has 1 heterocycles. The molecule has 0 radical (unpaired) electrons. The zero-order chi connectivity index (χ0) is 15.2. The van der Waals surface area contributed by atoms with E-state index >= 15 is 0 Å². The second-order valence-electron chi connectivity index (χ2n) is 5.61. The minimum absolute atomic E-state index is 0.686. The van der Waals surface area contributed by atoms with E-state index in [0.29, 0.717) is 5.56 Å². The molecule has 1 aliphatic heterocycles. The number of hydrogen-bond acceptors (Lipinski definition) is 3. The third-order valence-corrected chi connectivity index (χ3v) is 3.88. The maximum atomic E-state index is 8.82. The van der Waals surface area contributed by atoms with Gasteiger partial charge in [-0.2, -0.15) is 5.26 Å². The van der Waals surface area contributed by atoms with Crippen molar-refractivity contribution in [2.24, 2.45) is 0 Å².